The van der Waals surface area contributed by atoms with E-state index in [0.717, 1.165) is 0 Å². The van der Waals surface area contributed by atoms with E-state index in [9.17, 15) is 22.4 Å². The summed E-state index contributed by atoms with van der Waals surface area (Å²) in [5, 5.41) is 0.333. The first kappa shape index (κ1) is 21.9. The van der Waals surface area contributed by atoms with Gasteiger partial charge in [-0.3, -0.25) is 0 Å². The summed E-state index contributed by atoms with van der Waals surface area (Å²) in [7, 11) is 0. The van der Waals surface area contributed by atoms with Gasteiger partial charge in [-0.15, -0.1) is 0 Å². The molecule has 2 aromatic carbocycles. The normalized spacial score (nSPS) is 11.9. The molecule has 0 aliphatic carbocycles. The third-order valence-electron chi connectivity index (χ3n) is 3.98. The lowest BCUT2D eigenvalue weighted by atomic mass is 9.91. The number of carbonyl (C=O) groups excluding carboxylic acids is 1. The van der Waals surface area contributed by atoms with Crippen molar-refractivity contribution < 1.29 is 31.5 Å². The second-order valence-corrected chi connectivity index (χ2v) is 6.45. The van der Waals surface area contributed by atoms with Crippen molar-refractivity contribution in [3.05, 3.63) is 63.2 Å². The first-order chi connectivity index (χ1) is 13.0. The van der Waals surface area contributed by atoms with Crippen molar-refractivity contribution in [2.75, 3.05) is 6.61 Å². The van der Waals surface area contributed by atoms with Crippen LogP contribution in [0.25, 0.3) is 17.2 Å². The molecule has 2 aromatic rings. The van der Waals surface area contributed by atoms with E-state index in [0.29, 0.717) is 34.4 Å². The highest BCUT2D eigenvalue weighted by molar-refractivity contribution is 6.30. The molecule has 0 fully saturated rings. The molecule has 0 aliphatic heterocycles. The monoisotopic (exact) mass is 418 g/mol. The molecule has 0 N–H and O–H groups in total. The molecular weight excluding hydrogens is 403 g/mol. The average Bonchev–Trinajstić information content (AvgIpc) is 2.54. The Kier molecular flexibility index (Phi) is 6.49. The molecule has 0 atom stereocenters. The van der Waals surface area contributed by atoms with Gasteiger partial charge in [0.2, 0.25) is 0 Å². The fourth-order valence-corrected chi connectivity index (χ4v) is 3.20. The van der Waals surface area contributed by atoms with Crippen molar-refractivity contribution in [3.8, 4) is 11.1 Å². The van der Waals surface area contributed by atoms with E-state index in [4.69, 9.17) is 11.6 Å². The maximum Gasteiger partial charge on any atom is 0.419 e. The Balaban J connectivity index is 2.81. The fraction of sp³-hybridized carbons (Fsp3) is 0.250. The van der Waals surface area contributed by atoms with Crippen molar-refractivity contribution in [2.45, 2.75) is 26.9 Å². The molecule has 28 heavy (non-hydrogen) atoms. The maximum atomic E-state index is 15.0. The smallest absolute Gasteiger partial charge is 0.419 e. The van der Waals surface area contributed by atoms with Gasteiger partial charge in [-0.25, -0.2) is 13.6 Å². The Hall–Kier alpha value is -2.41. The minimum Gasteiger partial charge on any atom is -0.463 e. The van der Waals surface area contributed by atoms with Crippen LogP contribution in [-0.2, 0) is 15.7 Å². The molecule has 8 heteroatoms. The largest absolute Gasteiger partial charge is 0.463 e. The van der Waals surface area contributed by atoms with Gasteiger partial charge in [0.15, 0.2) is 0 Å². The third kappa shape index (κ3) is 4.52. The van der Waals surface area contributed by atoms with Crippen LogP contribution in [0.4, 0.5) is 22.0 Å². The number of alkyl halides is 3. The Morgan fingerprint density at radius 3 is 2.18 bits per heavy atom. The zero-order valence-electron chi connectivity index (χ0n) is 15.2. The average molecular weight is 419 g/mol. The van der Waals surface area contributed by atoms with Gasteiger partial charge in [-0.1, -0.05) is 11.6 Å². The van der Waals surface area contributed by atoms with Crippen LogP contribution < -0.4 is 0 Å². The maximum absolute atomic E-state index is 15.0. The molecule has 0 unspecified atom stereocenters. The lowest BCUT2D eigenvalue weighted by molar-refractivity contribution is -0.140. The first-order valence-electron chi connectivity index (χ1n) is 8.18. The minimum atomic E-state index is -5.06. The molecule has 0 aromatic heterocycles. The summed E-state index contributed by atoms with van der Waals surface area (Å²) < 4.78 is 74.1. The Morgan fingerprint density at radius 1 is 1.11 bits per heavy atom. The van der Waals surface area contributed by atoms with Crippen LogP contribution in [0.5, 0.6) is 0 Å². The van der Waals surface area contributed by atoms with Gasteiger partial charge in [0, 0.05) is 22.2 Å². The van der Waals surface area contributed by atoms with Crippen LogP contribution >= 0.6 is 11.6 Å². The van der Waals surface area contributed by atoms with E-state index in [2.05, 4.69) is 4.74 Å². The Bertz CT molecular complexity index is 926. The number of ether oxygens (including phenoxy) is 1. The second kappa shape index (κ2) is 8.31. The van der Waals surface area contributed by atoms with E-state index < -0.39 is 40.5 Å². The molecule has 0 bridgehead atoms. The number of esters is 1. The highest BCUT2D eigenvalue weighted by atomic mass is 35.5. The van der Waals surface area contributed by atoms with Crippen LogP contribution in [0, 0.1) is 25.5 Å². The summed E-state index contributed by atoms with van der Waals surface area (Å²) >= 11 is 5.93. The van der Waals surface area contributed by atoms with E-state index in [1.807, 2.05) is 0 Å². The van der Waals surface area contributed by atoms with Crippen LogP contribution in [-0.4, -0.2) is 12.6 Å². The molecule has 150 valence electrons. The number of rotatable bonds is 4. The number of aryl methyl sites for hydroxylation is 2. The van der Waals surface area contributed by atoms with Gasteiger partial charge < -0.3 is 4.74 Å². The number of carbonyl (C=O) groups is 1. The standard InChI is InChI=1S/C20H16ClF5O2/c1-4-28-16(27)6-5-13-18(22)14(9-15(19(13)23)20(24,25)26)17-10(2)7-12(21)8-11(17)3/h5-9H,4H2,1-3H3/b6-5-. The number of benzene rings is 2. The number of halogens is 6. The molecular formula is C20H16ClF5O2. The Labute approximate surface area is 163 Å². The van der Waals surface area contributed by atoms with Gasteiger partial charge in [0.05, 0.1) is 12.2 Å². The lowest BCUT2D eigenvalue weighted by Crippen LogP contribution is -2.12. The number of hydrogen-bond donors (Lipinski definition) is 0. The molecule has 0 amide bonds. The predicted octanol–water partition coefficient (Wildman–Crippen LogP) is 6.50. The van der Waals surface area contributed by atoms with Crippen molar-refractivity contribution in [2.24, 2.45) is 0 Å². The summed E-state index contributed by atoms with van der Waals surface area (Å²) in [4.78, 5) is 11.4. The lowest BCUT2D eigenvalue weighted by Gasteiger charge is -2.17. The molecule has 0 spiro atoms. The van der Waals surface area contributed by atoms with Crippen molar-refractivity contribution in [1.29, 1.82) is 0 Å². The fourth-order valence-electron chi connectivity index (χ4n) is 2.87. The molecule has 0 heterocycles. The molecule has 0 radical (unpaired) electrons. The SMILES string of the molecule is CCOC(=O)/C=C\c1c(F)c(-c2c(C)cc(Cl)cc2C)cc(C(F)(F)F)c1F. The van der Waals surface area contributed by atoms with E-state index in [-0.39, 0.29) is 12.2 Å². The van der Waals surface area contributed by atoms with Crippen molar-refractivity contribution >= 4 is 23.6 Å². The van der Waals surface area contributed by atoms with Gasteiger partial charge in [-0.2, -0.15) is 13.2 Å². The second-order valence-electron chi connectivity index (χ2n) is 6.01. The van der Waals surface area contributed by atoms with Gasteiger partial charge >= 0.3 is 12.1 Å². The molecule has 0 aliphatic rings. The van der Waals surface area contributed by atoms with Crippen LogP contribution in [0.2, 0.25) is 5.02 Å². The predicted molar refractivity (Wildman–Crippen MR) is 96.9 cm³/mol. The molecule has 2 rings (SSSR count). The third-order valence-corrected chi connectivity index (χ3v) is 4.20. The highest BCUT2D eigenvalue weighted by Crippen LogP contribution is 2.40. The van der Waals surface area contributed by atoms with Crippen LogP contribution in [0.1, 0.15) is 29.2 Å². The van der Waals surface area contributed by atoms with E-state index in [1.165, 1.54) is 19.1 Å². The van der Waals surface area contributed by atoms with E-state index >= 15 is 4.39 Å². The van der Waals surface area contributed by atoms with Crippen LogP contribution in [0.3, 0.4) is 0 Å². The summed E-state index contributed by atoms with van der Waals surface area (Å²) in [5.74, 6) is -3.96. The van der Waals surface area contributed by atoms with Gasteiger partial charge in [0.1, 0.15) is 11.6 Å². The number of hydrogen-bond acceptors (Lipinski definition) is 2. The summed E-state index contributed by atoms with van der Waals surface area (Å²) in [6.07, 6.45) is -3.74. The topological polar surface area (TPSA) is 26.3 Å². The zero-order valence-corrected chi connectivity index (χ0v) is 15.9. The molecule has 2 nitrogen and oxygen atoms in total. The van der Waals surface area contributed by atoms with E-state index in [1.54, 1.807) is 13.8 Å². The quantitative estimate of drug-likeness (QED) is 0.322. The van der Waals surface area contributed by atoms with Gasteiger partial charge in [0.25, 0.3) is 0 Å². The Morgan fingerprint density at radius 2 is 1.68 bits per heavy atom. The summed E-state index contributed by atoms with van der Waals surface area (Å²) in [5.41, 5.74) is -2.05. The van der Waals surface area contributed by atoms with Gasteiger partial charge in [-0.05, 0) is 61.7 Å². The zero-order chi connectivity index (χ0) is 21.2. The molecule has 0 saturated carbocycles. The van der Waals surface area contributed by atoms with Crippen LogP contribution in [0.15, 0.2) is 24.3 Å². The highest BCUT2D eigenvalue weighted by Gasteiger charge is 2.37. The summed E-state index contributed by atoms with van der Waals surface area (Å²) in [6.45, 7) is 4.63. The van der Waals surface area contributed by atoms with Crippen molar-refractivity contribution in [3.63, 3.8) is 0 Å². The molecule has 0 saturated heterocycles. The van der Waals surface area contributed by atoms with Crippen molar-refractivity contribution in [1.82, 2.24) is 0 Å². The minimum absolute atomic E-state index is 0.00510. The summed E-state index contributed by atoms with van der Waals surface area (Å²) in [6, 6.07) is 3.36. The first-order valence-corrected chi connectivity index (χ1v) is 8.56.